The van der Waals surface area contributed by atoms with Gasteiger partial charge >= 0.3 is 0 Å². The normalized spacial score (nSPS) is 10.9. The van der Waals surface area contributed by atoms with Crippen molar-refractivity contribution in [2.24, 2.45) is 0 Å². The third-order valence-corrected chi connectivity index (χ3v) is 1.67. The molecule has 0 aliphatic heterocycles. The second kappa shape index (κ2) is 8.29. The number of hydrogen-bond acceptors (Lipinski definition) is 5. The largest absolute Gasteiger partial charge is 0.799 e. The molecule has 68 valence electrons. The van der Waals surface area contributed by atoms with Crippen molar-refractivity contribution in [1.82, 2.24) is 4.90 Å². The van der Waals surface area contributed by atoms with Crippen LogP contribution in [0.4, 0.5) is 0 Å². The Bertz CT molecular complexity index is 78.2. The van der Waals surface area contributed by atoms with Gasteiger partial charge in [-0.05, 0) is 5.75 Å². The first kappa shape index (κ1) is 11.2. The quantitative estimate of drug-likeness (QED) is 0.499. The van der Waals surface area contributed by atoms with Gasteiger partial charge in [-0.15, -0.1) is 0 Å². The van der Waals surface area contributed by atoms with Crippen LogP contribution in [0.15, 0.2) is 0 Å². The summed E-state index contributed by atoms with van der Waals surface area (Å²) < 4.78 is 10.0. The summed E-state index contributed by atoms with van der Waals surface area (Å²) in [7, 11) is 0. The number of aliphatic hydroxyl groups excluding tert-OH is 2. The minimum absolute atomic E-state index is 0.0729. The summed E-state index contributed by atoms with van der Waals surface area (Å²) in [6.45, 7) is 1.84. The number of aliphatic hydroxyl groups is 2. The van der Waals surface area contributed by atoms with E-state index in [0.29, 0.717) is 37.4 Å². The van der Waals surface area contributed by atoms with Crippen LogP contribution in [0, 0.1) is 0 Å². The highest BCUT2D eigenvalue weighted by Crippen LogP contribution is 1.93. The molecule has 0 aliphatic carbocycles. The van der Waals surface area contributed by atoms with Crippen LogP contribution in [0.5, 0.6) is 0 Å². The van der Waals surface area contributed by atoms with E-state index in [2.05, 4.69) is 0 Å². The lowest BCUT2D eigenvalue weighted by Gasteiger charge is -2.20. The molecule has 0 unspecified atom stereocenters. The van der Waals surface area contributed by atoms with E-state index in [9.17, 15) is 4.55 Å². The Balaban J connectivity index is 3.34. The lowest BCUT2D eigenvalue weighted by Crippen LogP contribution is -2.31. The standard InChI is InChI=1S/C6H15NO3S/c8-4-1-7(2-5-9)3-6-11-10/h8-10H,1-6H2/p-1. The molecule has 0 aromatic carbocycles. The molecule has 0 spiro atoms. The molecular formula is C6H14NO3S-. The van der Waals surface area contributed by atoms with E-state index >= 15 is 0 Å². The van der Waals surface area contributed by atoms with Crippen molar-refractivity contribution in [2.75, 3.05) is 38.6 Å². The molecule has 0 heterocycles. The summed E-state index contributed by atoms with van der Waals surface area (Å²) in [4.78, 5) is 1.85. The molecule has 0 atom stereocenters. The number of hydrogen-bond donors (Lipinski definition) is 2. The van der Waals surface area contributed by atoms with Crippen molar-refractivity contribution >= 4 is 12.0 Å². The van der Waals surface area contributed by atoms with Crippen LogP contribution >= 0.6 is 12.0 Å². The van der Waals surface area contributed by atoms with Gasteiger partial charge in [-0.25, -0.2) is 0 Å². The Kier molecular flexibility index (Phi) is 8.43. The van der Waals surface area contributed by atoms with Crippen LogP contribution in [0.1, 0.15) is 0 Å². The second-order valence-electron chi connectivity index (χ2n) is 2.11. The summed E-state index contributed by atoms with van der Waals surface area (Å²) in [6, 6.07) is 0. The van der Waals surface area contributed by atoms with Gasteiger partial charge < -0.3 is 14.8 Å². The fraction of sp³-hybridized carbons (Fsp3) is 1.00. The van der Waals surface area contributed by atoms with Crippen molar-refractivity contribution in [1.29, 1.82) is 0 Å². The molecule has 11 heavy (non-hydrogen) atoms. The smallest absolute Gasteiger partial charge is 0.0558 e. The predicted molar refractivity (Wildman–Crippen MR) is 43.8 cm³/mol. The summed E-state index contributed by atoms with van der Waals surface area (Å²) in [5.74, 6) is 0.500. The number of rotatable bonds is 7. The van der Waals surface area contributed by atoms with Crippen molar-refractivity contribution in [2.45, 2.75) is 0 Å². The Hall–Kier alpha value is 0.190. The number of nitrogens with zero attached hydrogens (tertiary/aromatic N) is 1. The highest BCUT2D eigenvalue weighted by atomic mass is 32.2. The topological polar surface area (TPSA) is 66.8 Å². The van der Waals surface area contributed by atoms with Gasteiger partial charge in [0.15, 0.2) is 0 Å². The molecule has 0 bridgehead atoms. The Morgan fingerprint density at radius 3 is 2.00 bits per heavy atom. The average molecular weight is 180 g/mol. The minimum atomic E-state index is 0.0729. The van der Waals surface area contributed by atoms with Crippen molar-refractivity contribution in [3.8, 4) is 0 Å². The van der Waals surface area contributed by atoms with Crippen LogP contribution in [-0.2, 0) is 0 Å². The van der Waals surface area contributed by atoms with E-state index in [0.717, 1.165) is 0 Å². The van der Waals surface area contributed by atoms with Crippen LogP contribution in [0.2, 0.25) is 0 Å². The summed E-state index contributed by atoms with van der Waals surface area (Å²) in [6.07, 6.45) is 0. The van der Waals surface area contributed by atoms with Gasteiger partial charge in [0.25, 0.3) is 0 Å². The van der Waals surface area contributed by atoms with E-state index in [-0.39, 0.29) is 13.2 Å². The average Bonchev–Trinajstić information content (AvgIpc) is 2.01. The molecule has 0 fully saturated rings. The van der Waals surface area contributed by atoms with E-state index < -0.39 is 0 Å². The molecule has 0 aromatic heterocycles. The van der Waals surface area contributed by atoms with Gasteiger partial charge in [-0.1, -0.05) is 0 Å². The fourth-order valence-corrected chi connectivity index (χ4v) is 1.12. The van der Waals surface area contributed by atoms with Gasteiger partial charge in [0.1, 0.15) is 0 Å². The van der Waals surface area contributed by atoms with Gasteiger partial charge in [-0.3, -0.25) is 16.9 Å². The van der Waals surface area contributed by atoms with Crippen molar-refractivity contribution in [3.63, 3.8) is 0 Å². The highest BCUT2D eigenvalue weighted by molar-refractivity contribution is 7.93. The van der Waals surface area contributed by atoms with E-state index in [1.54, 1.807) is 0 Å². The van der Waals surface area contributed by atoms with Gasteiger partial charge in [0.2, 0.25) is 0 Å². The van der Waals surface area contributed by atoms with Crippen LogP contribution in [-0.4, -0.2) is 58.3 Å². The Morgan fingerprint density at radius 2 is 1.64 bits per heavy atom. The first-order valence-corrected chi connectivity index (χ1v) is 4.45. The van der Waals surface area contributed by atoms with E-state index in [4.69, 9.17) is 10.2 Å². The van der Waals surface area contributed by atoms with Crippen molar-refractivity contribution < 1.29 is 14.8 Å². The van der Waals surface area contributed by atoms with E-state index in [1.807, 2.05) is 4.90 Å². The zero-order valence-corrected chi connectivity index (χ0v) is 7.22. The second-order valence-corrected chi connectivity index (χ2v) is 2.75. The SMILES string of the molecule is [O-]SCCN(CCO)CCO. The maximum absolute atomic E-state index is 10.0. The van der Waals surface area contributed by atoms with Crippen LogP contribution in [0.25, 0.3) is 0 Å². The molecule has 0 aliphatic rings. The third kappa shape index (κ3) is 6.58. The van der Waals surface area contributed by atoms with Gasteiger partial charge in [-0.2, -0.15) is 0 Å². The molecule has 0 aromatic rings. The molecule has 5 heteroatoms. The maximum atomic E-state index is 10.0. The van der Waals surface area contributed by atoms with Gasteiger partial charge in [0.05, 0.1) is 13.2 Å². The molecule has 0 amide bonds. The summed E-state index contributed by atoms with van der Waals surface area (Å²) in [5.41, 5.74) is 0. The summed E-state index contributed by atoms with van der Waals surface area (Å²) >= 11 is 0.527. The molecule has 0 saturated carbocycles. The lowest BCUT2D eigenvalue weighted by atomic mass is 10.5. The maximum Gasteiger partial charge on any atom is 0.0558 e. The zero-order valence-electron chi connectivity index (χ0n) is 6.40. The molecule has 4 nitrogen and oxygen atoms in total. The molecular weight excluding hydrogens is 166 g/mol. The van der Waals surface area contributed by atoms with Crippen LogP contribution < -0.4 is 0 Å². The Morgan fingerprint density at radius 1 is 1.09 bits per heavy atom. The monoisotopic (exact) mass is 180 g/mol. The molecule has 0 radical (unpaired) electrons. The first-order valence-electron chi connectivity index (χ1n) is 3.54. The van der Waals surface area contributed by atoms with Gasteiger partial charge in [0, 0.05) is 19.6 Å². The first-order chi connectivity index (χ1) is 5.35. The van der Waals surface area contributed by atoms with Crippen molar-refractivity contribution in [3.05, 3.63) is 0 Å². The zero-order chi connectivity index (χ0) is 8.53. The predicted octanol–water partition coefficient (Wildman–Crippen LogP) is -0.863. The molecule has 0 saturated heterocycles. The fourth-order valence-electron chi connectivity index (χ4n) is 0.785. The minimum Gasteiger partial charge on any atom is -0.799 e. The molecule has 0 rings (SSSR count). The summed E-state index contributed by atoms with van der Waals surface area (Å²) in [5, 5.41) is 17.1. The lowest BCUT2D eigenvalue weighted by molar-refractivity contribution is 0.167. The Labute approximate surface area is 71.0 Å². The highest BCUT2D eigenvalue weighted by Gasteiger charge is 2.00. The third-order valence-electron chi connectivity index (χ3n) is 1.32. The van der Waals surface area contributed by atoms with Crippen LogP contribution in [0.3, 0.4) is 0 Å². The van der Waals surface area contributed by atoms with E-state index in [1.165, 1.54) is 0 Å². The molecule has 2 N–H and O–H groups in total.